The molecular weight excluding hydrogens is 280 g/mol. The second-order valence-electron chi connectivity index (χ2n) is 4.74. The third-order valence-electron chi connectivity index (χ3n) is 3.54. The van der Waals surface area contributed by atoms with Crippen molar-refractivity contribution in [3.8, 4) is 28.4 Å². The Balaban J connectivity index is 2.04. The predicted octanol–water partition coefficient (Wildman–Crippen LogP) is 2.42. The Hall–Kier alpha value is -3.22. The van der Waals surface area contributed by atoms with Crippen molar-refractivity contribution < 1.29 is 4.74 Å². The third kappa shape index (κ3) is 1.83. The summed E-state index contributed by atoms with van der Waals surface area (Å²) in [5.41, 5.74) is 3.48. The number of nitrogens with one attached hydrogen (secondary N) is 2. The van der Waals surface area contributed by atoms with Gasteiger partial charge in [0.25, 0.3) is 0 Å². The second kappa shape index (κ2) is 4.96. The number of benzene rings is 2. The number of rotatable bonds is 3. The smallest absolute Gasteiger partial charge is 0.205 e. The molecule has 2 aromatic carbocycles. The van der Waals surface area contributed by atoms with Crippen LogP contribution in [0.4, 0.5) is 0 Å². The molecule has 2 N–H and O–H groups in total. The van der Waals surface area contributed by atoms with Crippen LogP contribution in [-0.4, -0.2) is 37.9 Å². The molecule has 2 heterocycles. The number of tetrazole rings is 1. The van der Waals surface area contributed by atoms with E-state index in [0.29, 0.717) is 5.82 Å². The molecular formula is C15H12N6O. The molecule has 0 saturated carbocycles. The van der Waals surface area contributed by atoms with Crippen molar-refractivity contribution in [3.63, 3.8) is 0 Å². The van der Waals surface area contributed by atoms with Crippen LogP contribution in [0.25, 0.3) is 33.5 Å². The molecule has 0 aliphatic rings. The summed E-state index contributed by atoms with van der Waals surface area (Å²) in [4.78, 5) is 0. The molecule has 7 heteroatoms. The third-order valence-corrected chi connectivity index (χ3v) is 3.54. The summed E-state index contributed by atoms with van der Waals surface area (Å²) in [5.74, 6) is 1.29. The van der Waals surface area contributed by atoms with Crippen LogP contribution in [0.2, 0.25) is 0 Å². The van der Waals surface area contributed by atoms with Gasteiger partial charge in [0.1, 0.15) is 11.4 Å². The highest BCUT2D eigenvalue weighted by atomic mass is 16.5. The highest BCUT2D eigenvalue weighted by Gasteiger charge is 2.17. The summed E-state index contributed by atoms with van der Waals surface area (Å²) in [6.07, 6.45) is 0. The van der Waals surface area contributed by atoms with Crippen LogP contribution in [0.1, 0.15) is 0 Å². The van der Waals surface area contributed by atoms with Crippen LogP contribution in [0.15, 0.2) is 42.5 Å². The summed E-state index contributed by atoms with van der Waals surface area (Å²) in [6.45, 7) is 0. The van der Waals surface area contributed by atoms with Crippen LogP contribution in [0.3, 0.4) is 0 Å². The lowest BCUT2D eigenvalue weighted by Gasteiger charge is -2.07. The molecule has 0 aliphatic heterocycles. The normalized spacial score (nSPS) is 11.0. The van der Waals surface area contributed by atoms with E-state index in [1.807, 2.05) is 42.5 Å². The average molecular weight is 292 g/mol. The van der Waals surface area contributed by atoms with Crippen LogP contribution in [0, 0.1) is 0 Å². The van der Waals surface area contributed by atoms with Gasteiger partial charge in [-0.05, 0) is 23.4 Å². The fraction of sp³-hybridized carbons (Fsp3) is 0.0667. The predicted molar refractivity (Wildman–Crippen MR) is 81.3 cm³/mol. The first-order chi connectivity index (χ1) is 10.9. The van der Waals surface area contributed by atoms with Gasteiger partial charge in [-0.1, -0.05) is 24.3 Å². The van der Waals surface area contributed by atoms with E-state index >= 15 is 0 Å². The molecule has 2 aromatic heterocycles. The number of fused-ring (bicyclic) bond motifs is 1. The number of aromatic amines is 2. The fourth-order valence-corrected chi connectivity index (χ4v) is 2.57. The van der Waals surface area contributed by atoms with E-state index in [0.717, 1.165) is 33.5 Å². The molecule has 0 unspecified atom stereocenters. The number of aromatic nitrogens is 6. The van der Waals surface area contributed by atoms with Gasteiger partial charge in [0.2, 0.25) is 5.82 Å². The van der Waals surface area contributed by atoms with E-state index in [1.165, 1.54) is 0 Å². The van der Waals surface area contributed by atoms with E-state index in [-0.39, 0.29) is 0 Å². The second-order valence-corrected chi connectivity index (χ2v) is 4.74. The number of methoxy groups -OCH3 is 1. The minimum atomic E-state index is 0.531. The Morgan fingerprint density at radius 3 is 2.64 bits per heavy atom. The summed E-state index contributed by atoms with van der Waals surface area (Å²) in [7, 11) is 1.65. The monoisotopic (exact) mass is 292 g/mol. The maximum Gasteiger partial charge on any atom is 0.205 e. The first-order valence-electron chi connectivity index (χ1n) is 6.73. The number of hydrogen-bond donors (Lipinski definition) is 2. The van der Waals surface area contributed by atoms with Crippen molar-refractivity contribution in [2.24, 2.45) is 0 Å². The number of H-pyrrole nitrogens is 2. The maximum atomic E-state index is 5.44. The lowest BCUT2D eigenvalue weighted by molar-refractivity contribution is 0.416. The molecule has 0 radical (unpaired) electrons. The van der Waals surface area contributed by atoms with E-state index in [2.05, 4.69) is 30.8 Å². The van der Waals surface area contributed by atoms with E-state index in [9.17, 15) is 0 Å². The highest BCUT2D eigenvalue weighted by Crippen LogP contribution is 2.37. The number of ether oxygens (including phenoxy) is 1. The SMILES string of the molecule is COc1ccccc1-c1n[nH]c2cccc(-c3nn[nH]n3)c12. The molecule has 0 fully saturated rings. The largest absolute Gasteiger partial charge is 0.496 e. The van der Waals surface area contributed by atoms with Gasteiger partial charge in [-0.15, -0.1) is 10.2 Å². The average Bonchev–Trinajstić information content (AvgIpc) is 3.24. The van der Waals surface area contributed by atoms with Gasteiger partial charge in [0.05, 0.1) is 12.6 Å². The van der Waals surface area contributed by atoms with Crippen molar-refractivity contribution >= 4 is 10.9 Å². The molecule has 0 spiro atoms. The Morgan fingerprint density at radius 2 is 1.82 bits per heavy atom. The number of nitrogens with zero attached hydrogens (tertiary/aromatic N) is 4. The zero-order valence-electron chi connectivity index (χ0n) is 11.7. The number of para-hydroxylation sites is 1. The van der Waals surface area contributed by atoms with Gasteiger partial charge in [-0.25, -0.2) is 0 Å². The quantitative estimate of drug-likeness (QED) is 0.605. The molecule has 22 heavy (non-hydrogen) atoms. The molecule has 0 saturated heterocycles. The van der Waals surface area contributed by atoms with Crippen molar-refractivity contribution in [3.05, 3.63) is 42.5 Å². The Bertz CT molecular complexity index is 928. The lowest BCUT2D eigenvalue weighted by Crippen LogP contribution is -1.89. The molecule has 4 aromatic rings. The molecule has 0 aliphatic carbocycles. The first-order valence-corrected chi connectivity index (χ1v) is 6.73. The van der Waals surface area contributed by atoms with Crippen molar-refractivity contribution in [2.45, 2.75) is 0 Å². The highest BCUT2D eigenvalue weighted by molar-refractivity contribution is 6.03. The first kappa shape index (κ1) is 12.5. The van der Waals surface area contributed by atoms with Gasteiger partial charge in [-0.3, -0.25) is 5.10 Å². The van der Waals surface area contributed by atoms with Gasteiger partial charge in [0.15, 0.2) is 0 Å². The van der Waals surface area contributed by atoms with E-state index in [1.54, 1.807) is 7.11 Å². The summed E-state index contributed by atoms with van der Waals surface area (Å²) in [5, 5.41) is 22.7. The summed E-state index contributed by atoms with van der Waals surface area (Å²) >= 11 is 0. The summed E-state index contributed by atoms with van der Waals surface area (Å²) < 4.78 is 5.44. The van der Waals surface area contributed by atoms with Crippen molar-refractivity contribution in [2.75, 3.05) is 7.11 Å². The molecule has 0 amide bonds. The number of hydrogen-bond acceptors (Lipinski definition) is 5. The summed E-state index contributed by atoms with van der Waals surface area (Å²) in [6, 6.07) is 13.6. The molecule has 7 nitrogen and oxygen atoms in total. The molecule has 108 valence electrons. The topological polar surface area (TPSA) is 92.4 Å². The Kier molecular flexibility index (Phi) is 2.82. The van der Waals surface area contributed by atoms with Crippen LogP contribution >= 0.6 is 0 Å². The van der Waals surface area contributed by atoms with Crippen LogP contribution in [-0.2, 0) is 0 Å². The van der Waals surface area contributed by atoms with Crippen LogP contribution < -0.4 is 4.74 Å². The Labute approximate surface area is 125 Å². The van der Waals surface area contributed by atoms with E-state index < -0.39 is 0 Å². The zero-order valence-corrected chi connectivity index (χ0v) is 11.7. The lowest BCUT2D eigenvalue weighted by atomic mass is 10.0. The standard InChI is InChI=1S/C15H12N6O/c1-22-12-8-3-2-5-9(12)14-13-10(15-18-20-21-19-15)6-4-7-11(13)16-17-14/h2-8H,1H3,(H,16,17)(H,18,19,20,21). The van der Waals surface area contributed by atoms with Gasteiger partial charge < -0.3 is 4.74 Å². The van der Waals surface area contributed by atoms with Crippen molar-refractivity contribution in [1.82, 2.24) is 30.8 Å². The molecule has 4 rings (SSSR count). The van der Waals surface area contributed by atoms with Gasteiger partial charge in [-0.2, -0.15) is 10.3 Å². The van der Waals surface area contributed by atoms with Gasteiger partial charge in [0, 0.05) is 16.5 Å². The molecule has 0 atom stereocenters. The minimum Gasteiger partial charge on any atom is -0.496 e. The van der Waals surface area contributed by atoms with Crippen LogP contribution in [0.5, 0.6) is 5.75 Å². The van der Waals surface area contributed by atoms with Crippen molar-refractivity contribution in [1.29, 1.82) is 0 Å². The fourth-order valence-electron chi connectivity index (χ4n) is 2.57. The minimum absolute atomic E-state index is 0.531. The Morgan fingerprint density at radius 1 is 0.955 bits per heavy atom. The molecule has 0 bridgehead atoms. The maximum absolute atomic E-state index is 5.44. The van der Waals surface area contributed by atoms with E-state index in [4.69, 9.17) is 4.74 Å². The van der Waals surface area contributed by atoms with Gasteiger partial charge >= 0.3 is 0 Å². The zero-order chi connectivity index (χ0) is 14.9.